The highest BCUT2D eigenvalue weighted by Crippen LogP contribution is 2.22. The molecular formula is C19H27N5O2. The maximum atomic E-state index is 9.60. The number of hydrogen-bond donors (Lipinski definition) is 3. The van der Waals surface area contributed by atoms with E-state index in [9.17, 15) is 5.11 Å². The van der Waals surface area contributed by atoms with Gasteiger partial charge in [0.05, 0.1) is 24.4 Å². The Morgan fingerprint density at radius 2 is 2.23 bits per heavy atom. The van der Waals surface area contributed by atoms with Crippen LogP contribution in [0, 0.1) is 5.92 Å². The van der Waals surface area contributed by atoms with Crippen molar-refractivity contribution in [3.8, 4) is 11.3 Å². The van der Waals surface area contributed by atoms with E-state index in [0.29, 0.717) is 5.95 Å². The van der Waals surface area contributed by atoms with Crippen LogP contribution in [-0.4, -0.2) is 52.0 Å². The minimum atomic E-state index is -0.106. The summed E-state index contributed by atoms with van der Waals surface area (Å²) in [4.78, 5) is 13.4. The molecule has 0 amide bonds. The Bertz CT molecular complexity index is 690. The van der Waals surface area contributed by atoms with Crippen LogP contribution in [0.4, 0.5) is 11.8 Å². The lowest BCUT2D eigenvalue weighted by Gasteiger charge is -2.21. The van der Waals surface area contributed by atoms with E-state index in [-0.39, 0.29) is 24.7 Å². The van der Waals surface area contributed by atoms with E-state index in [1.54, 1.807) is 12.4 Å². The van der Waals surface area contributed by atoms with E-state index in [1.165, 1.54) is 0 Å². The number of aliphatic hydroxyl groups excluding tert-OH is 1. The number of aliphatic hydroxyl groups is 1. The van der Waals surface area contributed by atoms with Gasteiger partial charge in [0, 0.05) is 37.2 Å². The van der Waals surface area contributed by atoms with Gasteiger partial charge in [0.25, 0.3) is 0 Å². The van der Waals surface area contributed by atoms with Crippen LogP contribution in [0.2, 0.25) is 0 Å². The fourth-order valence-corrected chi connectivity index (χ4v) is 2.88. The molecule has 2 aromatic heterocycles. The molecule has 0 unspecified atom stereocenters. The molecule has 1 aliphatic rings. The maximum Gasteiger partial charge on any atom is 0.225 e. The number of rotatable bonds is 8. The fraction of sp³-hybridized carbons (Fsp3) is 0.526. The minimum Gasteiger partial charge on any atom is -0.394 e. The topological polar surface area (TPSA) is 92.2 Å². The van der Waals surface area contributed by atoms with Crippen LogP contribution >= 0.6 is 0 Å². The van der Waals surface area contributed by atoms with Gasteiger partial charge in [0.15, 0.2) is 0 Å². The Labute approximate surface area is 154 Å². The molecule has 7 heteroatoms. The zero-order valence-corrected chi connectivity index (χ0v) is 15.4. The summed E-state index contributed by atoms with van der Waals surface area (Å²) < 4.78 is 5.67. The molecule has 1 fully saturated rings. The summed E-state index contributed by atoms with van der Waals surface area (Å²) in [6.45, 7) is 5.68. The average Bonchev–Trinajstić information content (AvgIpc) is 3.18. The summed E-state index contributed by atoms with van der Waals surface area (Å²) in [6, 6.07) is 5.66. The number of pyridine rings is 1. The molecule has 0 spiro atoms. The number of nitrogens with one attached hydrogen (secondary N) is 2. The van der Waals surface area contributed by atoms with E-state index >= 15 is 0 Å². The number of aromatic nitrogens is 3. The quantitative estimate of drug-likeness (QED) is 0.668. The van der Waals surface area contributed by atoms with Crippen molar-refractivity contribution in [2.75, 3.05) is 30.4 Å². The van der Waals surface area contributed by atoms with Crippen LogP contribution in [0.25, 0.3) is 11.3 Å². The molecule has 0 bridgehead atoms. The minimum absolute atomic E-state index is 0.0246. The van der Waals surface area contributed by atoms with Crippen molar-refractivity contribution < 1.29 is 9.84 Å². The zero-order valence-electron chi connectivity index (χ0n) is 15.4. The Hall–Kier alpha value is -2.25. The van der Waals surface area contributed by atoms with Gasteiger partial charge in [-0.2, -0.15) is 4.98 Å². The van der Waals surface area contributed by atoms with Crippen molar-refractivity contribution in [3.63, 3.8) is 0 Å². The van der Waals surface area contributed by atoms with Crippen LogP contribution in [-0.2, 0) is 4.74 Å². The Balaban J connectivity index is 1.83. The molecule has 0 saturated carbocycles. The molecule has 2 atom stereocenters. The standard InChI is InChI=1S/C19H27N5O2/c1-13(2)17(12-25)23-19-22-16(14-5-3-7-20-10-14)9-18(24-19)21-11-15-6-4-8-26-15/h3,5,7,9-10,13,15,17,25H,4,6,8,11-12H2,1-2H3,(H2,21,22,23,24)/t15-,17-/m1/s1. The van der Waals surface area contributed by atoms with Crippen molar-refractivity contribution in [2.45, 2.75) is 38.8 Å². The van der Waals surface area contributed by atoms with E-state index in [1.807, 2.05) is 18.2 Å². The third-order valence-corrected chi connectivity index (χ3v) is 4.53. The molecule has 2 aromatic rings. The lowest BCUT2D eigenvalue weighted by atomic mass is 10.1. The van der Waals surface area contributed by atoms with Crippen molar-refractivity contribution in [3.05, 3.63) is 30.6 Å². The highest BCUT2D eigenvalue weighted by atomic mass is 16.5. The van der Waals surface area contributed by atoms with Crippen molar-refractivity contribution in [1.29, 1.82) is 0 Å². The van der Waals surface area contributed by atoms with E-state index < -0.39 is 0 Å². The van der Waals surface area contributed by atoms with Crippen LogP contribution in [0.5, 0.6) is 0 Å². The summed E-state index contributed by atoms with van der Waals surface area (Å²) >= 11 is 0. The molecule has 3 heterocycles. The average molecular weight is 357 g/mol. The summed E-state index contributed by atoms with van der Waals surface area (Å²) in [5.41, 5.74) is 1.70. The lowest BCUT2D eigenvalue weighted by Crippen LogP contribution is -2.30. The summed E-state index contributed by atoms with van der Waals surface area (Å²) in [6.07, 6.45) is 5.92. The zero-order chi connectivity index (χ0) is 18.4. The molecule has 140 valence electrons. The first-order valence-electron chi connectivity index (χ1n) is 9.18. The molecule has 3 rings (SSSR count). The first-order valence-corrected chi connectivity index (χ1v) is 9.18. The predicted octanol–water partition coefficient (Wildman–Crippen LogP) is 2.56. The first-order chi connectivity index (χ1) is 12.7. The van der Waals surface area contributed by atoms with Gasteiger partial charge in [-0.15, -0.1) is 0 Å². The molecule has 26 heavy (non-hydrogen) atoms. The van der Waals surface area contributed by atoms with Crippen LogP contribution in [0.3, 0.4) is 0 Å². The lowest BCUT2D eigenvalue weighted by molar-refractivity contribution is 0.120. The van der Waals surface area contributed by atoms with E-state index in [2.05, 4.69) is 39.4 Å². The molecule has 0 aliphatic carbocycles. The molecule has 3 N–H and O–H groups in total. The van der Waals surface area contributed by atoms with Gasteiger partial charge >= 0.3 is 0 Å². The molecule has 0 aromatic carbocycles. The Morgan fingerprint density at radius 3 is 2.88 bits per heavy atom. The molecule has 0 radical (unpaired) electrons. The molecule has 7 nitrogen and oxygen atoms in total. The number of hydrogen-bond acceptors (Lipinski definition) is 7. The normalized spacial score (nSPS) is 18.1. The van der Waals surface area contributed by atoms with Gasteiger partial charge in [-0.05, 0) is 30.9 Å². The predicted molar refractivity (Wildman–Crippen MR) is 102 cm³/mol. The number of ether oxygens (including phenoxy) is 1. The fourth-order valence-electron chi connectivity index (χ4n) is 2.88. The second kappa shape index (κ2) is 8.91. The van der Waals surface area contributed by atoms with E-state index in [4.69, 9.17) is 4.74 Å². The van der Waals surface area contributed by atoms with Gasteiger partial charge in [-0.1, -0.05) is 13.8 Å². The van der Waals surface area contributed by atoms with Crippen molar-refractivity contribution in [1.82, 2.24) is 15.0 Å². The largest absolute Gasteiger partial charge is 0.394 e. The highest BCUT2D eigenvalue weighted by Gasteiger charge is 2.17. The molecule has 1 saturated heterocycles. The monoisotopic (exact) mass is 357 g/mol. The first kappa shape index (κ1) is 18.5. The highest BCUT2D eigenvalue weighted by molar-refractivity contribution is 5.63. The summed E-state index contributed by atoms with van der Waals surface area (Å²) in [5.74, 6) is 1.49. The number of anilines is 2. The smallest absolute Gasteiger partial charge is 0.225 e. The van der Waals surface area contributed by atoms with Crippen molar-refractivity contribution in [2.24, 2.45) is 5.92 Å². The van der Waals surface area contributed by atoms with Gasteiger partial charge in [0.2, 0.25) is 5.95 Å². The van der Waals surface area contributed by atoms with Crippen molar-refractivity contribution >= 4 is 11.8 Å². The third-order valence-electron chi connectivity index (χ3n) is 4.53. The molecular weight excluding hydrogens is 330 g/mol. The summed E-state index contributed by atoms with van der Waals surface area (Å²) in [7, 11) is 0. The summed E-state index contributed by atoms with van der Waals surface area (Å²) in [5, 5.41) is 16.2. The van der Waals surface area contributed by atoms with Gasteiger partial charge < -0.3 is 20.5 Å². The maximum absolute atomic E-state index is 9.60. The van der Waals surface area contributed by atoms with Gasteiger partial charge in [-0.25, -0.2) is 4.98 Å². The number of nitrogens with zero attached hydrogens (tertiary/aromatic N) is 3. The van der Waals surface area contributed by atoms with Crippen LogP contribution in [0.1, 0.15) is 26.7 Å². The Kier molecular flexibility index (Phi) is 6.35. The van der Waals surface area contributed by atoms with Crippen LogP contribution in [0.15, 0.2) is 30.6 Å². The van der Waals surface area contributed by atoms with Gasteiger partial charge in [-0.3, -0.25) is 4.98 Å². The Morgan fingerprint density at radius 1 is 1.35 bits per heavy atom. The second-order valence-electron chi connectivity index (χ2n) is 6.90. The van der Waals surface area contributed by atoms with E-state index in [0.717, 1.165) is 43.1 Å². The van der Waals surface area contributed by atoms with Gasteiger partial charge in [0.1, 0.15) is 5.82 Å². The van der Waals surface area contributed by atoms with Crippen LogP contribution < -0.4 is 10.6 Å². The molecule has 1 aliphatic heterocycles. The third kappa shape index (κ3) is 4.89. The second-order valence-corrected chi connectivity index (χ2v) is 6.90. The SMILES string of the molecule is CC(C)[C@@H](CO)Nc1nc(NC[C@H]2CCCO2)cc(-c2cccnc2)n1.